The Morgan fingerprint density at radius 3 is 2.53 bits per heavy atom. The molecule has 1 aliphatic heterocycles. The maximum atomic E-state index is 13.2. The van der Waals surface area contributed by atoms with Gasteiger partial charge in [-0.05, 0) is 33.0 Å². The summed E-state index contributed by atoms with van der Waals surface area (Å²) in [7, 11) is -1.41. The van der Waals surface area contributed by atoms with Crippen molar-refractivity contribution < 1.29 is 8.42 Å². The van der Waals surface area contributed by atoms with Crippen LogP contribution < -0.4 is 0 Å². The summed E-state index contributed by atoms with van der Waals surface area (Å²) in [5.74, 6) is 1.04. The molecule has 30 heavy (non-hydrogen) atoms. The first-order valence-corrected chi connectivity index (χ1v) is 12.0. The van der Waals surface area contributed by atoms with Crippen LogP contribution in [0.15, 0.2) is 24.3 Å². The van der Waals surface area contributed by atoms with E-state index in [4.69, 9.17) is 11.6 Å². The molecule has 4 rings (SSSR count). The number of aromatic nitrogens is 4. The molecule has 2 aromatic heterocycles. The van der Waals surface area contributed by atoms with E-state index in [0.717, 1.165) is 31.7 Å². The molecule has 3 heterocycles. The van der Waals surface area contributed by atoms with Crippen LogP contribution in [-0.2, 0) is 9.84 Å². The maximum Gasteiger partial charge on any atom is 0.181 e. The van der Waals surface area contributed by atoms with Crippen LogP contribution in [0.5, 0.6) is 0 Å². The molecule has 0 amide bonds. The third-order valence-corrected chi connectivity index (χ3v) is 7.86. The molecule has 0 radical (unpaired) electrons. The second-order valence-electron chi connectivity index (χ2n) is 7.78. The summed E-state index contributed by atoms with van der Waals surface area (Å²) in [6.45, 7) is 6.63. The second-order valence-corrected chi connectivity index (χ2v) is 10.5. The van der Waals surface area contributed by atoms with E-state index >= 15 is 0 Å². The van der Waals surface area contributed by atoms with Crippen molar-refractivity contribution in [2.24, 2.45) is 0 Å². The van der Waals surface area contributed by atoms with E-state index in [-0.39, 0.29) is 5.88 Å². The monoisotopic (exact) mass is 448 g/mol. The van der Waals surface area contributed by atoms with Gasteiger partial charge in [0, 0.05) is 31.7 Å². The Morgan fingerprint density at radius 2 is 1.83 bits per heavy atom. The smallest absolute Gasteiger partial charge is 0.181 e. The standard InChI is InChI=1S/C20H25ClN6O2S/c1-13(30(28,29)12-27-10-8-26(3)9-11-27)17-18-20(23-14(2)22-17)25-19(24-18)15-6-4-5-7-16(15)21/h4-7,13H,8-12H2,1-3H3,(H,22,23,24,25). The fourth-order valence-electron chi connectivity index (χ4n) is 3.62. The molecule has 1 N–H and O–H groups in total. The fraction of sp³-hybridized carbons (Fsp3) is 0.450. The number of halogens is 1. The van der Waals surface area contributed by atoms with E-state index in [0.29, 0.717) is 33.5 Å². The number of imidazole rings is 1. The fourth-order valence-corrected chi connectivity index (χ4v) is 5.35. The van der Waals surface area contributed by atoms with Crippen LogP contribution in [0.2, 0.25) is 5.02 Å². The van der Waals surface area contributed by atoms with Crippen molar-refractivity contribution in [3.05, 3.63) is 40.8 Å². The number of sulfone groups is 1. The number of aromatic amines is 1. The van der Waals surface area contributed by atoms with Crippen molar-refractivity contribution in [1.29, 1.82) is 0 Å². The molecular weight excluding hydrogens is 424 g/mol. The van der Waals surface area contributed by atoms with Gasteiger partial charge in [0.05, 0.1) is 10.7 Å². The number of nitrogens with one attached hydrogen (secondary N) is 1. The molecule has 10 heteroatoms. The topological polar surface area (TPSA) is 95.1 Å². The zero-order valence-corrected chi connectivity index (χ0v) is 18.8. The maximum absolute atomic E-state index is 13.2. The van der Waals surface area contributed by atoms with E-state index < -0.39 is 15.1 Å². The van der Waals surface area contributed by atoms with Crippen molar-refractivity contribution in [3.63, 3.8) is 0 Å². The molecule has 160 valence electrons. The Labute approximate surface area is 181 Å². The second kappa shape index (κ2) is 8.22. The first kappa shape index (κ1) is 21.2. The van der Waals surface area contributed by atoms with Gasteiger partial charge >= 0.3 is 0 Å². The first-order chi connectivity index (χ1) is 14.2. The van der Waals surface area contributed by atoms with Crippen LogP contribution in [0.3, 0.4) is 0 Å². The highest BCUT2D eigenvalue weighted by molar-refractivity contribution is 7.91. The normalized spacial score (nSPS) is 17.5. The number of aryl methyl sites for hydroxylation is 1. The molecule has 0 saturated carbocycles. The minimum atomic E-state index is -3.46. The summed E-state index contributed by atoms with van der Waals surface area (Å²) in [6, 6.07) is 7.35. The highest BCUT2D eigenvalue weighted by atomic mass is 35.5. The quantitative estimate of drug-likeness (QED) is 0.641. The summed E-state index contributed by atoms with van der Waals surface area (Å²) in [5.41, 5.74) is 2.14. The molecule has 0 aliphatic carbocycles. The first-order valence-electron chi connectivity index (χ1n) is 9.86. The zero-order chi connectivity index (χ0) is 21.5. The van der Waals surface area contributed by atoms with Crippen molar-refractivity contribution >= 4 is 32.6 Å². The van der Waals surface area contributed by atoms with Gasteiger partial charge in [-0.15, -0.1) is 0 Å². The van der Waals surface area contributed by atoms with Crippen molar-refractivity contribution in [3.8, 4) is 11.4 Å². The lowest BCUT2D eigenvalue weighted by Crippen LogP contribution is -2.46. The number of fused-ring (bicyclic) bond motifs is 1. The number of nitrogens with zero attached hydrogens (tertiary/aromatic N) is 5. The van der Waals surface area contributed by atoms with E-state index in [1.54, 1.807) is 19.9 Å². The van der Waals surface area contributed by atoms with Crippen LogP contribution in [-0.4, -0.2) is 77.3 Å². The lowest BCUT2D eigenvalue weighted by molar-refractivity contribution is 0.172. The summed E-state index contributed by atoms with van der Waals surface area (Å²) >= 11 is 6.31. The van der Waals surface area contributed by atoms with Gasteiger partial charge in [-0.25, -0.2) is 23.4 Å². The predicted molar refractivity (Wildman–Crippen MR) is 118 cm³/mol. The number of H-pyrrole nitrogens is 1. The van der Waals surface area contributed by atoms with Gasteiger partial charge < -0.3 is 9.88 Å². The highest BCUT2D eigenvalue weighted by Crippen LogP contribution is 2.31. The van der Waals surface area contributed by atoms with Crippen LogP contribution in [0, 0.1) is 6.92 Å². The van der Waals surface area contributed by atoms with E-state index in [1.165, 1.54) is 0 Å². The van der Waals surface area contributed by atoms with Gasteiger partial charge in [0.25, 0.3) is 0 Å². The van der Waals surface area contributed by atoms with E-state index in [2.05, 4.69) is 24.8 Å². The van der Waals surface area contributed by atoms with Gasteiger partial charge in [-0.3, -0.25) is 4.90 Å². The Balaban J connectivity index is 1.70. The van der Waals surface area contributed by atoms with Crippen LogP contribution in [0.4, 0.5) is 0 Å². The summed E-state index contributed by atoms with van der Waals surface area (Å²) in [6.07, 6.45) is 0. The van der Waals surface area contributed by atoms with E-state index in [9.17, 15) is 8.42 Å². The molecule has 1 aliphatic rings. The molecule has 1 saturated heterocycles. The number of piperazine rings is 1. The van der Waals surface area contributed by atoms with Gasteiger partial charge in [0.15, 0.2) is 15.5 Å². The molecule has 8 nitrogen and oxygen atoms in total. The summed E-state index contributed by atoms with van der Waals surface area (Å²) < 4.78 is 26.4. The third-order valence-electron chi connectivity index (χ3n) is 5.50. The molecule has 0 bridgehead atoms. The Kier molecular flexibility index (Phi) is 5.80. The van der Waals surface area contributed by atoms with Crippen molar-refractivity contribution in [2.75, 3.05) is 39.1 Å². The molecule has 1 fully saturated rings. The third kappa shape index (κ3) is 4.20. The minimum Gasteiger partial charge on any atom is -0.335 e. The Hall–Kier alpha value is -2.07. The molecular formula is C20H25ClN6O2S. The van der Waals surface area contributed by atoms with Gasteiger partial charge in [-0.1, -0.05) is 23.7 Å². The number of benzene rings is 1. The van der Waals surface area contributed by atoms with Crippen LogP contribution in [0.25, 0.3) is 22.6 Å². The van der Waals surface area contributed by atoms with Crippen LogP contribution in [0.1, 0.15) is 23.7 Å². The lowest BCUT2D eigenvalue weighted by atomic mass is 10.2. The number of rotatable bonds is 5. The predicted octanol–water partition coefficient (Wildman–Crippen LogP) is 2.66. The van der Waals surface area contributed by atoms with Gasteiger partial charge in [0.1, 0.15) is 28.3 Å². The van der Waals surface area contributed by atoms with Crippen molar-refractivity contribution in [1.82, 2.24) is 29.7 Å². The number of hydrogen-bond donors (Lipinski definition) is 1. The average molecular weight is 449 g/mol. The number of likely N-dealkylation sites (N-methyl/N-ethyl adjacent to an activating group) is 1. The summed E-state index contributed by atoms with van der Waals surface area (Å²) in [5, 5.41) is -0.237. The molecule has 1 unspecified atom stereocenters. The Bertz CT molecular complexity index is 1170. The average Bonchev–Trinajstić information content (AvgIpc) is 3.12. The Morgan fingerprint density at radius 1 is 1.13 bits per heavy atom. The van der Waals surface area contributed by atoms with Crippen molar-refractivity contribution in [2.45, 2.75) is 19.1 Å². The molecule has 3 aromatic rings. The molecule has 0 spiro atoms. The zero-order valence-electron chi connectivity index (χ0n) is 17.3. The van der Waals surface area contributed by atoms with Gasteiger partial charge in [-0.2, -0.15) is 0 Å². The van der Waals surface area contributed by atoms with E-state index in [1.807, 2.05) is 30.1 Å². The molecule has 1 aromatic carbocycles. The molecule has 1 atom stereocenters. The van der Waals surface area contributed by atoms with Gasteiger partial charge in [0.2, 0.25) is 0 Å². The SMILES string of the molecule is Cc1nc(C(C)S(=O)(=O)CN2CCN(C)CC2)c2[nH]c(-c3ccccc3Cl)nc2n1. The highest BCUT2D eigenvalue weighted by Gasteiger charge is 2.30. The summed E-state index contributed by atoms with van der Waals surface area (Å²) in [4.78, 5) is 20.8. The number of hydrogen-bond acceptors (Lipinski definition) is 7. The minimum absolute atomic E-state index is 0.0120. The van der Waals surface area contributed by atoms with Crippen LogP contribution >= 0.6 is 11.6 Å². The largest absolute Gasteiger partial charge is 0.335 e. The lowest BCUT2D eigenvalue weighted by Gasteiger charge is -2.32.